The fourth-order valence-corrected chi connectivity index (χ4v) is 3.23. The fourth-order valence-electron chi connectivity index (χ4n) is 3.23. The van der Waals surface area contributed by atoms with Crippen LogP contribution in [0, 0.1) is 6.92 Å². The molecule has 1 aromatic rings. The molecular weight excluding hydrogens is 228 g/mol. The van der Waals surface area contributed by atoms with Crippen molar-refractivity contribution in [1.82, 2.24) is 9.78 Å². The van der Waals surface area contributed by atoms with E-state index in [1.165, 1.54) is 12.8 Å². The average Bonchev–Trinajstić information content (AvgIpc) is 2.84. The molecular formula is C13H20N4O. The van der Waals surface area contributed by atoms with Crippen molar-refractivity contribution in [3.8, 4) is 0 Å². The monoisotopic (exact) mass is 248 g/mol. The molecule has 1 fully saturated rings. The average molecular weight is 248 g/mol. The summed E-state index contributed by atoms with van der Waals surface area (Å²) in [5.74, 6) is 1.10. The van der Waals surface area contributed by atoms with Crippen LogP contribution in [0.2, 0.25) is 0 Å². The third-order valence-corrected chi connectivity index (χ3v) is 4.13. The predicted octanol–water partition coefficient (Wildman–Crippen LogP) is 2.28. The van der Waals surface area contributed by atoms with Gasteiger partial charge < -0.3 is 10.6 Å². The number of aryl methyl sites for hydroxylation is 2. The van der Waals surface area contributed by atoms with E-state index in [2.05, 4.69) is 22.7 Å². The summed E-state index contributed by atoms with van der Waals surface area (Å²) in [5, 5.41) is 11.1. The molecule has 5 nitrogen and oxygen atoms in total. The summed E-state index contributed by atoms with van der Waals surface area (Å²) >= 11 is 0. The molecule has 1 spiro atoms. The largest absolute Gasteiger partial charge is 0.363 e. The summed E-state index contributed by atoms with van der Waals surface area (Å²) in [4.78, 5) is 12.1. The molecule has 18 heavy (non-hydrogen) atoms. The second-order valence-corrected chi connectivity index (χ2v) is 5.46. The number of aromatic nitrogens is 2. The molecule has 98 valence electrons. The number of fused-ring (bicyclic) bond motifs is 1. The minimum absolute atomic E-state index is 0.0469. The van der Waals surface area contributed by atoms with Crippen molar-refractivity contribution in [2.45, 2.75) is 58.0 Å². The molecule has 5 heteroatoms. The van der Waals surface area contributed by atoms with Crippen LogP contribution in [0.3, 0.4) is 0 Å². The molecule has 1 saturated carbocycles. The Kier molecular flexibility index (Phi) is 2.57. The number of carbonyl (C=O) groups is 1. The van der Waals surface area contributed by atoms with Crippen LogP contribution in [0.1, 0.15) is 44.7 Å². The summed E-state index contributed by atoms with van der Waals surface area (Å²) < 4.78 is 1.95. The van der Waals surface area contributed by atoms with Gasteiger partial charge in [-0.1, -0.05) is 12.8 Å². The van der Waals surface area contributed by atoms with Crippen LogP contribution in [0.4, 0.5) is 11.5 Å². The van der Waals surface area contributed by atoms with Crippen molar-refractivity contribution in [2.24, 2.45) is 0 Å². The number of hydrogen-bond acceptors (Lipinski definition) is 3. The Morgan fingerprint density at radius 2 is 2.11 bits per heavy atom. The van der Waals surface area contributed by atoms with Gasteiger partial charge in [-0.3, -0.25) is 4.79 Å². The SMILES string of the molecule is CCn1nc(C)c2c1NC1(CCCC1)CC(=O)N2. The highest BCUT2D eigenvalue weighted by Gasteiger charge is 2.40. The van der Waals surface area contributed by atoms with Crippen LogP contribution in [0.15, 0.2) is 0 Å². The molecule has 1 aromatic heterocycles. The second-order valence-electron chi connectivity index (χ2n) is 5.46. The molecule has 0 radical (unpaired) electrons. The Bertz CT molecular complexity index is 485. The van der Waals surface area contributed by atoms with Gasteiger partial charge in [-0.15, -0.1) is 0 Å². The van der Waals surface area contributed by atoms with Crippen molar-refractivity contribution in [3.63, 3.8) is 0 Å². The number of nitrogens with zero attached hydrogens (tertiary/aromatic N) is 2. The third-order valence-electron chi connectivity index (χ3n) is 4.13. The number of nitrogens with one attached hydrogen (secondary N) is 2. The highest BCUT2D eigenvalue weighted by Crippen LogP contribution is 2.41. The maximum absolute atomic E-state index is 12.1. The minimum atomic E-state index is -0.0469. The van der Waals surface area contributed by atoms with E-state index in [4.69, 9.17) is 0 Å². The first-order valence-electron chi connectivity index (χ1n) is 6.79. The van der Waals surface area contributed by atoms with Gasteiger partial charge in [-0.2, -0.15) is 5.10 Å². The number of rotatable bonds is 1. The maximum Gasteiger partial charge on any atom is 0.226 e. The molecule has 1 amide bonds. The lowest BCUT2D eigenvalue weighted by Gasteiger charge is -2.28. The lowest BCUT2D eigenvalue weighted by molar-refractivity contribution is -0.117. The smallest absolute Gasteiger partial charge is 0.226 e. The number of carbonyl (C=O) groups excluding carboxylic acids is 1. The minimum Gasteiger partial charge on any atom is -0.363 e. The van der Waals surface area contributed by atoms with E-state index in [0.29, 0.717) is 6.42 Å². The molecule has 0 saturated heterocycles. The molecule has 1 aliphatic carbocycles. The molecule has 2 N–H and O–H groups in total. The highest BCUT2D eigenvalue weighted by molar-refractivity contribution is 5.97. The van der Waals surface area contributed by atoms with Gasteiger partial charge in [-0.05, 0) is 26.7 Å². The first-order valence-corrected chi connectivity index (χ1v) is 6.79. The van der Waals surface area contributed by atoms with Gasteiger partial charge in [0.1, 0.15) is 11.5 Å². The zero-order chi connectivity index (χ0) is 12.8. The third kappa shape index (κ3) is 1.69. The molecule has 0 unspecified atom stereocenters. The van der Waals surface area contributed by atoms with E-state index in [1.54, 1.807) is 0 Å². The maximum atomic E-state index is 12.1. The zero-order valence-electron chi connectivity index (χ0n) is 11.0. The molecule has 1 aliphatic heterocycles. The van der Waals surface area contributed by atoms with Crippen LogP contribution in [0.25, 0.3) is 0 Å². The quantitative estimate of drug-likeness (QED) is 0.801. The number of amides is 1. The molecule has 0 atom stereocenters. The van der Waals surface area contributed by atoms with Crippen LogP contribution in [-0.2, 0) is 11.3 Å². The van der Waals surface area contributed by atoms with E-state index in [0.717, 1.165) is 36.6 Å². The summed E-state index contributed by atoms with van der Waals surface area (Å²) in [6.07, 6.45) is 5.14. The number of anilines is 2. The molecule has 2 heterocycles. The van der Waals surface area contributed by atoms with Crippen molar-refractivity contribution in [1.29, 1.82) is 0 Å². The van der Waals surface area contributed by atoms with Crippen LogP contribution < -0.4 is 10.6 Å². The van der Waals surface area contributed by atoms with Gasteiger partial charge in [0.2, 0.25) is 5.91 Å². The first kappa shape index (κ1) is 11.6. The van der Waals surface area contributed by atoms with Crippen molar-refractivity contribution >= 4 is 17.4 Å². The van der Waals surface area contributed by atoms with Crippen LogP contribution in [-0.4, -0.2) is 21.2 Å². The topological polar surface area (TPSA) is 59.0 Å². The molecule has 0 bridgehead atoms. The van der Waals surface area contributed by atoms with Gasteiger partial charge in [-0.25, -0.2) is 4.68 Å². The zero-order valence-corrected chi connectivity index (χ0v) is 11.0. The Labute approximate surface area is 107 Å². The van der Waals surface area contributed by atoms with Gasteiger partial charge in [0.15, 0.2) is 0 Å². The Morgan fingerprint density at radius 1 is 1.39 bits per heavy atom. The standard InChI is InChI=1S/C13H20N4O/c1-3-17-12-11(9(2)16-17)14-10(18)8-13(15-12)6-4-5-7-13/h15H,3-8H2,1-2H3,(H,14,18). The van der Waals surface area contributed by atoms with Crippen molar-refractivity contribution in [3.05, 3.63) is 5.69 Å². The first-order chi connectivity index (χ1) is 8.63. The van der Waals surface area contributed by atoms with Crippen LogP contribution >= 0.6 is 0 Å². The Balaban J connectivity index is 2.06. The molecule has 2 aliphatic rings. The van der Waals surface area contributed by atoms with E-state index in [1.807, 2.05) is 11.6 Å². The van der Waals surface area contributed by atoms with Gasteiger partial charge in [0, 0.05) is 18.5 Å². The van der Waals surface area contributed by atoms with Gasteiger partial charge in [0.25, 0.3) is 0 Å². The van der Waals surface area contributed by atoms with Gasteiger partial charge >= 0.3 is 0 Å². The summed E-state index contributed by atoms with van der Waals surface area (Å²) in [6.45, 7) is 4.83. The lowest BCUT2D eigenvalue weighted by atomic mass is 9.93. The fraction of sp³-hybridized carbons (Fsp3) is 0.692. The second kappa shape index (κ2) is 4.00. The molecule has 3 rings (SSSR count). The van der Waals surface area contributed by atoms with Crippen LogP contribution in [0.5, 0.6) is 0 Å². The molecule has 0 aromatic carbocycles. The van der Waals surface area contributed by atoms with Crippen molar-refractivity contribution < 1.29 is 4.79 Å². The van der Waals surface area contributed by atoms with Gasteiger partial charge in [0.05, 0.1) is 5.69 Å². The van der Waals surface area contributed by atoms with E-state index >= 15 is 0 Å². The van der Waals surface area contributed by atoms with E-state index in [-0.39, 0.29) is 11.4 Å². The lowest BCUT2D eigenvalue weighted by Crippen LogP contribution is -2.37. The predicted molar refractivity (Wildman–Crippen MR) is 70.7 cm³/mol. The van der Waals surface area contributed by atoms with Crippen molar-refractivity contribution in [2.75, 3.05) is 10.6 Å². The Morgan fingerprint density at radius 3 is 2.78 bits per heavy atom. The highest BCUT2D eigenvalue weighted by atomic mass is 16.1. The number of hydrogen-bond donors (Lipinski definition) is 2. The summed E-state index contributed by atoms with van der Waals surface area (Å²) in [7, 11) is 0. The Hall–Kier alpha value is -1.52. The normalized spacial score (nSPS) is 21.3. The van der Waals surface area contributed by atoms with E-state index in [9.17, 15) is 4.79 Å². The summed E-state index contributed by atoms with van der Waals surface area (Å²) in [6, 6.07) is 0. The van der Waals surface area contributed by atoms with E-state index < -0.39 is 0 Å². The summed E-state index contributed by atoms with van der Waals surface area (Å²) in [5.41, 5.74) is 1.71.